The Morgan fingerprint density at radius 2 is 1.23 bits per heavy atom. The van der Waals surface area contributed by atoms with Gasteiger partial charge in [0.15, 0.2) is 58.6 Å². The number of aliphatic hydroxyl groups is 3. The molecule has 7 N–H and O–H groups in total. The molecule has 4 fully saturated rings. The molecule has 4 aliphatic rings. The average Bonchev–Trinajstić information content (AvgIpc) is 4.13. The third-order valence-corrected chi connectivity index (χ3v) is 10.7. The quantitative estimate of drug-likeness (QED) is 0.0649. The van der Waals surface area contributed by atoms with E-state index in [-0.39, 0.29) is 33.4 Å². The van der Waals surface area contributed by atoms with Gasteiger partial charge >= 0.3 is 17.9 Å². The summed E-state index contributed by atoms with van der Waals surface area (Å²) in [5.74, 6) is 0.0886. The number of imidazole rings is 2. The molecular weight excluding hydrogens is 857 g/mol. The molecule has 0 spiro atoms. The summed E-state index contributed by atoms with van der Waals surface area (Å²) in [5.41, 5.74) is 1.84. The number of aromatic nitrogens is 8. The van der Waals surface area contributed by atoms with Gasteiger partial charge in [-0.2, -0.15) is 0 Å². The lowest BCUT2D eigenvalue weighted by Gasteiger charge is -2.24. The van der Waals surface area contributed by atoms with E-state index in [4.69, 9.17) is 38.1 Å². The molecule has 8 rings (SSSR count). The summed E-state index contributed by atoms with van der Waals surface area (Å²) in [7, 11) is 1.24. The van der Waals surface area contributed by atoms with E-state index in [9.17, 15) is 29.7 Å². The summed E-state index contributed by atoms with van der Waals surface area (Å²) in [5, 5.41) is 42.9. The Balaban J connectivity index is 0.000000245. The minimum atomic E-state index is -1.23. The molecule has 0 saturated carbocycles. The topological polar surface area (TPSA) is 312 Å². The largest absolute Gasteiger partial charge is 0.469 e. The predicted molar refractivity (Wildman–Crippen MR) is 233 cm³/mol. The Bertz CT molecular complexity index is 2220. The predicted octanol–water partition coefficient (Wildman–Crippen LogP) is 1.13. The summed E-state index contributed by atoms with van der Waals surface area (Å²) in [4.78, 5) is 62.7. The van der Waals surface area contributed by atoms with Crippen LogP contribution >= 0.6 is 0 Å². The van der Waals surface area contributed by atoms with Crippen molar-refractivity contribution in [3.8, 4) is 0 Å². The first-order chi connectivity index (χ1) is 30.5. The van der Waals surface area contributed by atoms with Crippen molar-refractivity contribution in [1.82, 2.24) is 39.0 Å². The Hall–Kier alpha value is -5.57. The number of nitrogens with one attached hydrogen (secondary N) is 4. The number of hydrogen-bond donors (Lipinski definition) is 7. The number of carbonyl (C=O) groups excluding carboxylic acids is 3. The second kappa shape index (κ2) is 22.6. The van der Waals surface area contributed by atoms with E-state index in [1.807, 2.05) is 13.8 Å². The van der Waals surface area contributed by atoms with E-state index in [1.165, 1.54) is 33.6 Å². The summed E-state index contributed by atoms with van der Waals surface area (Å²) in [6.45, 7) is 9.47. The molecule has 8 heterocycles. The number of aliphatic hydroxyl groups excluding tert-OH is 3. The fraction of sp³-hybridized carbons (Fsp3) is 0.675. The molecule has 0 aliphatic carbocycles. The monoisotopic (exact) mass is 918 g/mol. The number of hydrogen-bond acceptors (Lipinski definition) is 23. The molecule has 4 saturated heterocycles. The van der Waals surface area contributed by atoms with Crippen molar-refractivity contribution >= 4 is 63.8 Å². The zero-order chi connectivity index (χ0) is 44.8. The van der Waals surface area contributed by atoms with Gasteiger partial charge in [0.25, 0.3) is 0 Å². The van der Waals surface area contributed by atoms with Gasteiger partial charge in [-0.15, -0.1) is 0 Å². The Kier molecular flexibility index (Phi) is 17.5. The number of ether oxygens (including phenoxy) is 7. The molecule has 0 bridgehead atoms. The van der Waals surface area contributed by atoms with E-state index in [0.717, 1.165) is 12.8 Å². The van der Waals surface area contributed by atoms with Crippen LogP contribution in [0.1, 0.15) is 74.3 Å². The van der Waals surface area contributed by atoms with Gasteiger partial charge in [0.2, 0.25) is 11.9 Å². The van der Waals surface area contributed by atoms with Gasteiger partial charge in [-0.05, 0) is 26.7 Å². The van der Waals surface area contributed by atoms with Gasteiger partial charge in [-0.3, -0.25) is 23.5 Å². The SMILES string of the molecule is C.C.CCNc1nc2c(NC3CCOC3)ncnc2n1C1OC(CC(=O)OC)C(OC(C)=O)C1OC(C)=O.CCNc1nc2c(NC3CCOC3)ncnc2n1C1OC(CO)[C@@H](O)[C@H]1O. The van der Waals surface area contributed by atoms with Gasteiger partial charge in [0.1, 0.15) is 37.1 Å². The highest BCUT2D eigenvalue weighted by Gasteiger charge is 2.52. The highest BCUT2D eigenvalue weighted by atomic mass is 16.6. The van der Waals surface area contributed by atoms with Crippen molar-refractivity contribution < 1.29 is 62.9 Å². The number of anilines is 4. The van der Waals surface area contributed by atoms with Crippen molar-refractivity contribution in [2.45, 2.75) is 123 Å². The van der Waals surface area contributed by atoms with Crippen molar-refractivity contribution in [2.75, 3.05) is 74.5 Å². The van der Waals surface area contributed by atoms with Crippen molar-refractivity contribution in [3.05, 3.63) is 12.7 Å². The van der Waals surface area contributed by atoms with Gasteiger partial charge < -0.3 is 69.7 Å². The number of methoxy groups -OCH3 is 1. The van der Waals surface area contributed by atoms with Gasteiger partial charge in [0, 0.05) is 40.2 Å². The van der Waals surface area contributed by atoms with Crippen LogP contribution in [0.2, 0.25) is 0 Å². The van der Waals surface area contributed by atoms with Crippen LogP contribution < -0.4 is 21.3 Å². The lowest BCUT2D eigenvalue weighted by atomic mass is 10.1. The summed E-state index contributed by atoms with van der Waals surface area (Å²) in [6, 6.07) is 0.217. The average molecular weight is 919 g/mol. The lowest BCUT2D eigenvalue weighted by Crippen LogP contribution is -2.39. The molecule has 4 aliphatic heterocycles. The molecule has 4 aromatic rings. The van der Waals surface area contributed by atoms with Crippen molar-refractivity contribution in [2.24, 2.45) is 0 Å². The summed E-state index contributed by atoms with van der Waals surface area (Å²) < 4.78 is 41.8. The number of nitrogens with zero attached hydrogens (tertiary/aromatic N) is 8. The van der Waals surface area contributed by atoms with Crippen LogP contribution in [-0.2, 0) is 47.5 Å². The van der Waals surface area contributed by atoms with Crippen LogP contribution in [0.5, 0.6) is 0 Å². The molecule has 65 heavy (non-hydrogen) atoms. The molecule has 10 atom stereocenters. The lowest BCUT2D eigenvalue weighted by molar-refractivity contribution is -0.165. The first-order valence-electron chi connectivity index (χ1n) is 20.8. The third-order valence-electron chi connectivity index (χ3n) is 10.7. The highest BCUT2D eigenvalue weighted by Crippen LogP contribution is 2.40. The van der Waals surface area contributed by atoms with Crippen LogP contribution in [0.25, 0.3) is 22.3 Å². The van der Waals surface area contributed by atoms with Gasteiger partial charge in [-0.1, -0.05) is 14.9 Å². The Morgan fingerprint density at radius 1 is 0.738 bits per heavy atom. The van der Waals surface area contributed by atoms with Crippen molar-refractivity contribution in [1.29, 1.82) is 0 Å². The number of esters is 3. The van der Waals surface area contributed by atoms with E-state index < -0.39 is 73.6 Å². The van der Waals surface area contributed by atoms with E-state index in [2.05, 4.69) is 46.2 Å². The van der Waals surface area contributed by atoms with E-state index in [0.29, 0.717) is 85.4 Å². The molecule has 0 radical (unpaired) electrons. The first kappa shape index (κ1) is 50.4. The first-order valence-corrected chi connectivity index (χ1v) is 20.8. The van der Waals surface area contributed by atoms with Crippen LogP contribution in [-0.4, -0.2) is 174 Å². The molecule has 8 unspecified atom stereocenters. The second-order valence-corrected chi connectivity index (χ2v) is 15.1. The standard InChI is InChI=1S/C22H30N6O8.C16H24N6O5.2CH4/c1-5-23-22-27-16-19(26-13-6-7-33-9-13)24-10-25-20(16)28(22)21-18(35-12(3)30)17(34-11(2)29)14(36-21)8-15(31)32-4;1-2-17-16-21-10-13(20-8-3-4-26-6-8)18-7-19-14(10)22(16)15-12(25)11(24)9(5-23)27-15;;/h10,13-14,17-18,21H,5-9H2,1-4H3,(H,23,27)(H,24,25,26);7-9,11-12,15,23-25H,2-6H2,1H3,(H,17,21)(H,18,19,20);2*1H4/t;8?,9?,11-,12-,15?;;/m.1../s1. The summed E-state index contributed by atoms with van der Waals surface area (Å²) in [6.07, 6.45) is -4.11. The third kappa shape index (κ3) is 10.9. The molecule has 360 valence electrons. The van der Waals surface area contributed by atoms with Crippen LogP contribution in [0.4, 0.5) is 23.5 Å². The maximum absolute atomic E-state index is 12.1. The zero-order valence-corrected chi connectivity index (χ0v) is 35.5. The fourth-order valence-electron chi connectivity index (χ4n) is 7.83. The minimum absolute atomic E-state index is 0. The normalized spacial score (nSPS) is 27.0. The highest BCUT2D eigenvalue weighted by molar-refractivity contribution is 5.86. The van der Waals surface area contributed by atoms with Gasteiger partial charge in [0.05, 0.1) is 45.4 Å². The molecule has 4 aromatic heterocycles. The Morgan fingerprint density at radius 3 is 1.66 bits per heavy atom. The molecular formula is C40H62N12O13. The number of carbonyl (C=O) groups is 3. The molecule has 25 heteroatoms. The maximum atomic E-state index is 12.1. The maximum Gasteiger partial charge on any atom is 0.308 e. The van der Waals surface area contributed by atoms with Crippen molar-refractivity contribution in [3.63, 3.8) is 0 Å². The fourth-order valence-corrected chi connectivity index (χ4v) is 7.83. The number of fused-ring (bicyclic) bond motifs is 2. The number of rotatable bonds is 15. The summed E-state index contributed by atoms with van der Waals surface area (Å²) >= 11 is 0. The second-order valence-electron chi connectivity index (χ2n) is 15.1. The molecule has 0 amide bonds. The minimum Gasteiger partial charge on any atom is -0.469 e. The van der Waals surface area contributed by atoms with E-state index >= 15 is 0 Å². The van der Waals surface area contributed by atoms with Crippen LogP contribution in [0.3, 0.4) is 0 Å². The Labute approximate surface area is 375 Å². The molecule has 25 nitrogen and oxygen atoms in total. The van der Waals surface area contributed by atoms with E-state index in [1.54, 1.807) is 9.13 Å². The molecule has 0 aromatic carbocycles. The van der Waals surface area contributed by atoms with Crippen LogP contribution in [0, 0.1) is 0 Å². The van der Waals surface area contributed by atoms with Crippen LogP contribution in [0.15, 0.2) is 12.7 Å². The zero-order valence-electron chi connectivity index (χ0n) is 35.5. The smallest absolute Gasteiger partial charge is 0.308 e. The van der Waals surface area contributed by atoms with Gasteiger partial charge in [-0.25, -0.2) is 29.9 Å².